The maximum absolute atomic E-state index is 12.3. The third-order valence-electron chi connectivity index (χ3n) is 3.54. The third-order valence-corrected chi connectivity index (χ3v) is 5.06. The van der Waals surface area contributed by atoms with Crippen molar-refractivity contribution in [2.75, 3.05) is 24.9 Å². The van der Waals surface area contributed by atoms with Gasteiger partial charge in [-0.25, -0.2) is 0 Å². The molecule has 0 amide bonds. The standard InChI is InChI=1S/C14H20N2O5S/c1-21-13-6-4-11(5-7-14(17)18)10-12(13)15-22(19,20)16-8-2-3-9-16/h4,6,10,15H,2-3,5,7-9H2,1H3,(H,17,18). The van der Waals surface area contributed by atoms with Gasteiger partial charge < -0.3 is 9.84 Å². The highest BCUT2D eigenvalue weighted by molar-refractivity contribution is 7.90. The maximum Gasteiger partial charge on any atom is 0.303 e. The first kappa shape index (κ1) is 16.6. The van der Waals surface area contributed by atoms with Gasteiger partial charge in [0.15, 0.2) is 0 Å². The molecule has 1 aliphatic rings. The fourth-order valence-corrected chi connectivity index (χ4v) is 3.68. The number of aryl methyl sites for hydroxylation is 1. The minimum absolute atomic E-state index is 0.00928. The van der Waals surface area contributed by atoms with E-state index in [1.54, 1.807) is 18.2 Å². The normalized spacial score (nSPS) is 15.7. The number of anilines is 1. The van der Waals surface area contributed by atoms with Gasteiger partial charge in [0.05, 0.1) is 12.8 Å². The summed E-state index contributed by atoms with van der Waals surface area (Å²) in [6.45, 7) is 1.02. The highest BCUT2D eigenvalue weighted by atomic mass is 32.2. The van der Waals surface area contributed by atoms with Crippen LogP contribution in [0.2, 0.25) is 0 Å². The van der Waals surface area contributed by atoms with Crippen LogP contribution in [0.15, 0.2) is 18.2 Å². The molecule has 0 unspecified atom stereocenters. The van der Waals surface area contributed by atoms with Gasteiger partial charge in [-0.1, -0.05) is 6.07 Å². The van der Waals surface area contributed by atoms with Gasteiger partial charge in [-0.3, -0.25) is 9.52 Å². The van der Waals surface area contributed by atoms with Crippen molar-refractivity contribution in [3.05, 3.63) is 23.8 Å². The van der Waals surface area contributed by atoms with E-state index >= 15 is 0 Å². The Bertz CT molecular complexity index is 639. The first-order chi connectivity index (χ1) is 10.4. The Balaban J connectivity index is 2.20. The molecule has 122 valence electrons. The summed E-state index contributed by atoms with van der Waals surface area (Å²) < 4.78 is 33.7. The van der Waals surface area contributed by atoms with Gasteiger partial charge in [-0.15, -0.1) is 0 Å². The quantitative estimate of drug-likeness (QED) is 0.790. The molecular formula is C14H20N2O5S. The molecule has 22 heavy (non-hydrogen) atoms. The van der Waals surface area contributed by atoms with Crippen molar-refractivity contribution in [3.8, 4) is 5.75 Å². The number of aliphatic carboxylic acids is 1. The summed E-state index contributed by atoms with van der Waals surface area (Å²) in [7, 11) is -2.15. The molecule has 0 radical (unpaired) electrons. The van der Waals surface area contributed by atoms with Crippen LogP contribution in [-0.4, -0.2) is 44.0 Å². The second-order valence-electron chi connectivity index (χ2n) is 5.14. The number of benzene rings is 1. The number of carboxylic acids is 1. The largest absolute Gasteiger partial charge is 0.495 e. The predicted molar refractivity (Wildman–Crippen MR) is 82.3 cm³/mol. The number of nitrogens with one attached hydrogen (secondary N) is 1. The Morgan fingerprint density at radius 3 is 2.64 bits per heavy atom. The smallest absolute Gasteiger partial charge is 0.303 e. The van der Waals surface area contributed by atoms with Crippen molar-refractivity contribution in [3.63, 3.8) is 0 Å². The molecule has 1 heterocycles. The van der Waals surface area contributed by atoms with E-state index in [2.05, 4.69) is 4.72 Å². The van der Waals surface area contributed by atoms with Crippen molar-refractivity contribution in [2.24, 2.45) is 0 Å². The van der Waals surface area contributed by atoms with Crippen molar-refractivity contribution in [1.82, 2.24) is 4.31 Å². The van der Waals surface area contributed by atoms with E-state index in [0.29, 0.717) is 30.9 Å². The van der Waals surface area contributed by atoms with E-state index in [4.69, 9.17) is 9.84 Å². The molecule has 0 aromatic heterocycles. The average Bonchev–Trinajstić information content (AvgIpc) is 3.00. The molecule has 0 spiro atoms. The topological polar surface area (TPSA) is 95.9 Å². The summed E-state index contributed by atoms with van der Waals surface area (Å²) in [5.41, 5.74) is 1.07. The third kappa shape index (κ3) is 4.11. The van der Waals surface area contributed by atoms with Crippen LogP contribution in [0.4, 0.5) is 5.69 Å². The first-order valence-corrected chi connectivity index (χ1v) is 8.53. The van der Waals surface area contributed by atoms with E-state index in [9.17, 15) is 13.2 Å². The number of carboxylic acid groups (broad SMARTS) is 1. The van der Waals surface area contributed by atoms with Crippen LogP contribution < -0.4 is 9.46 Å². The lowest BCUT2D eigenvalue weighted by atomic mass is 10.1. The van der Waals surface area contributed by atoms with E-state index in [1.807, 2.05) is 0 Å². The summed E-state index contributed by atoms with van der Waals surface area (Å²) in [6.07, 6.45) is 2.04. The number of rotatable bonds is 7. The number of hydrogen-bond acceptors (Lipinski definition) is 4. The van der Waals surface area contributed by atoms with Crippen molar-refractivity contribution in [1.29, 1.82) is 0 Å². The lowest BCUT2D eigenvalue weighted by molar-refractivity contribution is -0.136. The minimum Gasteiger partial charge on any atom is -0.495 e. The molecule has 7 nitrogen and oxygen atoms in total. The lowest BCUT2D eigenvalue weighted by Crippen LogP contribution is -2.33. The fourth-order valence-electron chi connectivity index (χ4n) is 2.37. The highest BCUT2D eigenvalue weighted by Crippen LogP contribution is 2.28. The predicted octanol–water partition coefficient (Wildman–Crippen LogP) is 1.46. The molecule has 1 aromatic carbocycles. The Morgan fingerprint density at radius 2 is 2.05 bits per heavy atom. The number of ether oxygens (including phenoxy) is 1. The molecule has 1 aliphatic heterocycles. The molecule has 0 atom stereocenters. The SMILES string of the molecule is COc1ccc(CCC(=O)O)cc1NS(=O)(=O)N1CCCC1. The van der Waals surface area contributed by atoms with E-state index < -0.39 is 16.2 Å². The van der Waals surface area contributed by atoms with Crippen LogP contribution in [0.25, 0.3) is 0 Å². The molecular weight excluding hydrogens is 308 g/mol. The lowest BCUT2D eigenvalue weighted by Gasteiger charge is -2.19. The van der Waals surface area contributed by atoms with Crippen molar-refractivity contribution in [2.45, 2.75) is 25.7 Å². The van der Waals surface area contributed by atoms with Gasteiger partial charge in [0.2, 0.25) is 0 Å². The number of methoxy groups -OCH3 is 1. The van der Waals surface area contributed by atoms with E-state index in [1.165, 1.54) is 11.4 Å². The van der Waals surface area contributed by atoms with E-state index in [0.717, 1.165) is 18.4 Å². The van der Waals surface area contributed by atoms with E-state index in [-0.39, 0.29) is 6.42 Å². The maximum atomic E-state index is 12.3. The monoisotopic (exact) mass is 328 g/mol. The van der Waals surface area contributed by atoms with Crippen LogP contribution >= 0.6 is 0 Å². The fraction of sp³-hybridized carbons (Fsp3) is 0.500. The Kier molecular flexibility index (Phi) is 5.25. The first-order valence-electron chi connectivity index (χ1n) is 7.09. The summed E-state index contributed by atoms with van der Waals surface area (Å²) in [5.74, 6) is -0.489. The molecule has 0 bridgehead atoms. The van der Waals surface area contributed by atoms with Gasteiger partial charge in [0, 0.05) is 19.5 Å². The number of nitrogens with zero attached hydrogens (tertiary/aromatic N) is 1. The Morgan fingerprint density at radius 1 is 1.36 bits per heavy atom. The van der Waals surface area contributed by atoms with Gasteiger partial charge >= 0.3 is 16.2 Å². The Hall–Kier alpha value is -1.80. The zero-order valence-corrected chi connectivity index (χ0v) is 13.2. The molecule has 0 saturated carbocycles. The molecule has 1 aromatic rings. The summed E-state index contributed by atoms with van der Waals surface area (Å²) >= 11 is 0. The zero-order valence-electron chi connectivity index (χ0n) is 12.4. The van der Waals surface area contributed by atoms with Crippen LogP contribution in [-0.2, 0) is 21.4 Å². The Labute approximate surface area is 130 Å². The van der Waals surface area contributed by atoms with Crippen LogP contribution in [0, 0.1) is 0 Å². The molecule has 2 N–H and O–H groups in total. The van der Waals surface area contributed by atoms with Gasteiger partial charge in [0.25, 0.3) is 0 Å². The van der Waals surface area contributed by atoms with Crippen molar-refractivity contribution >= 4 is 21.9 Å². The summed E-state index contributed by atoms with van der Waals surface area (Å²) in [6, 6.07) is 4.99. The molecule has 0 aliphatic carbocycles. The summed E-state index contributed by atoms with van der Waals surface area (Å²) in [4.78, 5) is 10.6. The highest BCUT2D eigenvalue weighted by Gasteiger charge is 2.26. The van der Waals surface area contributed by atoms with Gasteiger partial charge in [0.1, 0.15) is 5.75 Å². The summed E-state index contributed by atoms with van der Waals surface area (Å²) in [5, 5.41) is 8.73. The van der Waals surface area contributed by atoms with Crippen LogP contribution in [0.3, 0.4) is 0 Å². The molecule has 8 heteroatoms. The molecule has 2 rings (SSSR count). The van der Waals surface area contributed by atoms with Crippen LogP contribution in [0.5, 0.6) is 5.75 Å². The minimum atomic E-state index is -3.61. The van der Waals surface area contributed by atoms with Crippen LogP contribution in [0.1, 0.15) is 24.8 Å². The van der Waals surface area contributed by atoms with Gasteiger partial charge in [-0.05, 0) is 37.0 Å². The second kappa shape index (κ2) is 6.97. The average molecular weight is 328 g/mol. The molecule has 1 saturated heterocycles. The molecule has 1 fully saturated rings. The second-order valence-corrected chi connectivity index (χ2v) is 6.81. The van der Waals surface area contributed by atoms with Crippen molar-refractivity contribution < 1.29 is 23.1 Å². The van der Waals surface area contributed by atoms with Gasteiger partial charge in [-0.2, -0.15) is 12.7 Å². The zero-order chi connectivity index (χ0) is 16.2. The number of carbonyl (C=O) groups is 1. The number of hydrogen-bond donors (Lipinski definition) is 2.